The van der Waals surface area contributed by atoms with Gasteiger partial charge in [0.25, 0.3) is 0 Å². The summed E-state index contributed by atoms with van der Waals surface area (Å²) in [6.45, 7) is 0.919. The van der Waals surface area contributed by atoms with Gasteiger partial charge in [-0.15, -0.1) is 0 Å². The highest BCUT2D eigenvalue weighted by Crippen LogP contribution is 2.15. The number of hydrogen-bond acceptors (Lipinski definition) is 3. The number of pyridine rings is 1. The lowest BCUT2D eigenvalue weighted by atomic mass is 10.1. The molecule has 1 amide bonds. The Hall–Kier alpha value is -3.14. The van der Waals surface area contributed by atoms with Crippen molar-refractivity contribution in [1.29, 1.82) is 0 Å². The molecule has 1 aromatic heterocycles. The molecule has 0 atom stereocenters. The smallest absolute Gasteiger partial charge is 0.220 e. The molecule has 0 aliphatic carbocycles. The lowest BCUT2D eigenvalue weighted by molar-refractivity contribution is -0.121. The molecule has 4 heteroatoms. The van der Waals surface area contributed by atoms with Crippen molar-refractivity contribution in [2.75, 3.05) is 0 Å². The van der Waals surface area contributed by atoms with Crippen molar-refractivity contribution < 1.29 is 9.53 Å². The van der Waals surface area contributed by atoms with Crippen molar-refractivity contribution >= 4 is 5.91 Å². The van der Waals surface area contributed by atoms with Gasteiger partial charge in [0, 0.05) is 19.2 Å². The first-order chi connectivity index (χ1) is 12.8. The second-order valence-electron chi connectivity index (χ2n) is 6.02. The van der Waals surface area contributed by atoms with E-state index in [4.69, 9.17) is 4.74 Å². The number of rotatable bonds is 8. The van der Waals surface area contributed by atoms with Gasteiger partial charge in [-0.05, 0) is 41.8 Å². The van der Waals surface area contributed by atoms with E-state index in [0.717, 1.165) is 23.4 Å². The largest absolute Gasteiger partial charge is 0.487 e. The Morgan fingerprint density at radius 3 is 2.54 bits per heavy atom. The van der Waals surface area contributed by atoms with Crippen molar-refractivity contribution in [2.45, 2.75) is 26.0 Å². The molecule has 0 fully saturated rings. The molecule has 0 saturated heterocycles. The predicted octanol–water partition coefficient (Wildman–Crippen LogP) is 3.91. The van der Waals surface area contributed by atoms with E-state index in [1.54, 1.807) is 6.20 Å². The zero-order chi connectivity index (χ0) is 18.0. The summed E-state index contributed by atoms with van der Waals surface area (Å²) in [5.74, 6) is 0.820. The van der Waals surface area contributed by atoms with E-state index in [0.29, 0.717) is 19.6 Å². The Balaban J connectivity index is 1.45. The van der Waals surface area contributed by atoms with E-state index >= 15 is 0 Å². The summed E-state index contributed by atoms with van der Waals surface area (Å²) in [4.78, 5) is 16.3. The second-order valence-corrected chi connectivity index (χ2v) is 6.02. The van der Waals surface area contributed by atoms with Gasteiger partial charge in [0.2, 0.25) is 5.91 Å². The summed E-state index contributed by atoms with van der Waals surface area (Å²) >= 11 is 0. The van der Waals surface area contributed by atoms with Crippen molar-refractivity contribution in [2.24, 2.45) is 0 Å². The number of amides is 1. The molecule has 0 unspecified atom stereocenters. The number of ether oxygens (including phenoxy) is 1. The van der Waals surface area contributed by atoms with Gasteiger partial charge in [-0.2, -0.15) is 0 Å². The van der Waals surface area contributed by atoms with Crippen LogP contribution in [0.2, 0.25) is 0 Å². The fourth-order valence-electron chi connectivity index (χ4n) is 2.58. The van der Waals surface area contributed by atoms with E-state index in [9.17, 15) is 4.79 Å². The molecule has 3 aromatic rings. The highest BCUT2D eigenvalue weighted by atomic mass is 16.5. The van der Waals surface area contributed by atoms with Gasteiger partial charge < -0.3 is 10.1 Å². The average molecular weight is 346 g/mol. The Morgan fingerprint density at radius 2 is 1.73 bits per heavy atom. The minimum Gasteiger partial charge on any atom is -0.487 e. The van der Waals surface area contributed by atoms with E-state index in [2.05, 4.69) is 10.3 Å². The van der Waals surface area contributed by atoms with Crippen LogP contribution in [0, 0.1) is 0 Å². The lowest BCUT2D eigenvalue weighted by Crippen LogP contribution is -2.23. The van der Waals surface area contributed by atoms with Crippen LogP contribution >= 0.6 is 0 Å². The molecule has 0 radical (unpaired) electrons. The quantitative estimate of drug-likeness (QED) is 0.673. The molecule has 0 aliphatic rings. The number of aromatic nitrogens is 1. The summed E-state index contributed by atoms with van der Waals surface area (Å²) in [5, 5.41) is 2.96. The number of benzene rings is 2. The van der Waals surface area contributed by atoms with Gasteiger partial charge in [0.15, 0.2) is 0 Å². The third-order valence-corrected chi connectivity index (χ3v) is 3.98. The maximum Gasteiger partial charge on any atom is 0.220 e. The van der Waals surface area contributed by atoms with E-state index in [-0.39, 0.29) is 5.91 Å². The number of carbonyl (C=O) groups is 1. The van der Waals surface area contributed by atoms with Crippen molar-refractivity contribution in [3.63, 3.8) is 0 Å². The number of nitrogens with one attached hydrogen (secondary N) is 1. The second kappa shape index (κ2) is 9.37. The van der Waals surface area contributed by atoms with E-state index in [1.165, 1.54) is 5.56 Å². The van der Waals surface area contributed by atoms with Crippen molar-refractivity contribution in [1.82, 2.24) is 10.3 Å². The lowest BCUT2D eigenvalue weighted by Gasteiger charge is -2.09. The zero-order valence-corrected chi connectivity index (χ0v) is 14.6. The van der Waals surface area contributed by atoms with Crippen molar-refractivity contribution in [3.8, 4) is 5.75 Å². The molecule has 132 valence electrons. The average Bonchev–Trinajstić information content (AvgIpc) is 2.71. The number of aryl methyl sites for hydroxylation is 1. The third-order valence-electron chi connectivity index (χ3n) is 3.98. The van der Waals surface area contributed by atoms with Gasteiger partial charge >= 0.3 is 0 Å². The van der Waals surface area contributed by atoms with Crippen LogP contribution in [0.4, 0.5) is 0 Å². The molecule has 0 aliphatic heterocycles. The van der Waals surface area contributed by atoms with Gasteiger partial charge in [0.1, 0.15) is 12.4 Å². The first-order valence-electron chi connectivity index (χ1n) is 8.72. The highest BCUT2D eigenvalue weighted by Gasteiger charge is 2.04. The Morgan fingerprint density at radius 1 is 0.923 bits per heavy atom. The highest BCUT2D eigenvalue weighted by molar-refractivity contribution is 5.76. The summed E-state index contributed by atoms with van der Waals surface area (Å²) in [7, 11) is 0. The van der Waals surface area contributed by atoms with Gasteiger partial charge in [-0.1, -0.05) is 48.5 Å². The molecule has 1 heterocycles. The molecular weight excluding hydrogens is 324 g/mol. The maximum absolute atomic E-state index is 12.0. The summed E-state index contributed by atoms with van der Waals surface area (Å²) in [6, 6.07) is 23.5. The Labute approximate surface area is 153 Å². The Kier molecular flexibility index (Phi) is 6.37. The zero-order valence-electron chi connectivity index (χ0n) is 14.6. The van der Waals surface area contributed by atoms with Crippen LogP contribution in [-0.2, 0) is 24.4 Å². The molecule has 0 saturated carbocycles. The van der Waals surface area contributed by atoms with Crippen LogP contribution in [0.15, 0.2) is 79.0 Å². The normalized spacial score (nSPS) is 10.3. The first kappa shape index (κ1) is 17.7. The SMILES string of the molecule is O=C(CCc1ccccc1)NCc1cccc(OCc2ccccn2)c1. The minimum atomic E-state index is 0.0497. The molecule has 4 nitrogen and oxygen atoms in total. The number of hydrogen-bond donors (Lipinski definition) is 1. The van der Waals surface area contributed by atoms with Gasteiger partial charge in [-0.25, -0.2) is 0 Å². The van der Waals surface area contributed by atoms with Crippen molar-refractivity contribution in [3.05, 3.63) is 95.8 Å². The summed E-state index contributed by atoms with van der Waals surface area (Å²) in [6.07, 6.45) is 2.99. The van der Waals surface area contributed by atoms with Crippen LogP contribution in [-0.4, -0.2) is 10.9 Å². The summed E-state index contributed by atoms with van der Waals surface area (Å²) < 4.78 is 5.77. The molecule has 0 bridgehead atoms. The fourth-order valence-corrected chi connectivity index (χ4v) is 2.58. The topological polar surface area (TPSA) is 51.2 Å². The standard InChI is InChI=1S/C22H22N2O2/c25-22(13-12-18-7-2-1-3-8-18)24-16-19-9-6-11-21(15-19)26-17-20-10-4-5-14-23-20/h1-11,14-15H,12-13,16-17H2,(H,24,25). The van der Waals surface area contributed by atoms with E-state index in [1.807, 2.05) is 72.8 Å². The van der Waals surface area contributed by atoms with Gasteiger partial charge in [0.05, 0.1) is 5.69 Å². The maximum atomic E-state index is 12.0. The molecular formula is C22H22N2O2. The molecule has 2 aromatic carbocycles. The number of nitrogens with zero attached hydrogens (tertiary/aromatic N) is 1. The molecule has 0 spiro atoms. The predicted molar refractivity (Wildman–Crippen MR) is 102 cm³/mol. The fraction of sp³-hybridized carbons (Fsp3) is 0.182. The van der Waals surface area contributed by atoms with Crippen LogP contribution in [0.1, 0.15) is 23.2 Å². The summed E-state index contributed by atoms with van der Waals surface area (Å²) in [5.41, 5.74) is 3.07. The molecule has 1 N–H and O–H groups in total. The Bertz CT molecular complexity index is 820. The van der Waals surface area contributed by atoms with E-state index < -0.39 is 0 Å². The van der Waals surface area contributed by atoms with Crippen LogP contribution < -0.4 is 10.1 Å². The first-order valence-corrected chi connectivity index (χ1v) is 8.72. The third kappa shape index (κ3) is 5.74. The molecule has 3 rings (SSSR count). The van der Waals surface area contributed by atoms with Gasteiger partial charge in [-0.3, -0.25) is 9.78 Å². The number of carbonyl (C=O) groups excluding carboxylic acids is 1. The van der Waals surface area contributed by atoms with Crippen LogP contribution in [0.5, 0.6) is 5.75 Å². The molecule has 26 heavy (non-hydrogen) atoms. The van der Waals surface area contributed by atoms with Crippen LogP contribution in [0.3, 0.4) is 0 Å². The minimum absolute atomic E-state index is 0.0497. The van der Waals surface area contributed by atoms with Crippen LogP contribution in [0.25, 0.3) is 0 Å². The monoisotopic (exact) mass is 346 g/mol.